The van der Waals surface area contributed by atoms with Gasteiger partial charge in [-0.25, -0.2) is 0 Å². The maximum absolute atomic E-state index is 12.2. The standard InChI is InChI=1S/C16H19Cl2NO5S/c1-16(2,3)24-13(20)7-19-15(22)9-5-11(18)12(6-10(9)17)25-8-14(21)23-4/h5-6H,7-8H2,1-4H3,(H,19,22). The van der Waals surface area contributed by atoms with Gasteiger partial charge in [0.25, 0.3) is 5.91 Å². The number of nitrogens with one attached hydrogen (secondary N) is 1. The normalized spacial score (nSPS) is 11.0. The van der Waals surface area contributed by atoms with Crippen LogP contribution >= 0.6 is 35.0 Å². The van der Waals surface area contributed by atoms with Crippen molar-refractivity contribution in [1.82, 2.24) is 5.32 Å². The molecule has 0 aliphatic heterocycles. The van der Waals surface area contributed by atoms with Gasteiger partial charge in [0, 0.05) is 4.90 Å². The summed E-state index contributed by atoms with van der Waals surface area (Å²) in [6.45, 7) is 4.90. The SMILES string of the molecule is COC(=O)CSc1cc(Cl)c(C(=O)NCC(=O)OC(C)(C)C)cc1Cl. The summed E-state index contributed by atoms with van der Waals surface area (Å²) in [6, 6.07) is 2.87. The summed E-state index contributed by atoms with van der Waals surface area (Å²) in [5.41, 5.74) is -0.515. The Kier molecular flexibility index (Phi) is 8.05. The third kappa shape index (κ3) is 7.54. The number of hydrogen-bond donors (Lipinski definition) is 1. The Balaban J connectivity index is 2.75. The predicted molar refractivity (Wildman–Crippen MR) is 97.4 cm³/mol. The minimum absolute atomic E-state index is 0.0662. The molecule has 1 amide bonds. The molecular formula is C16H19Cl2NO5S. The fourth-order valence-corrected chi connectivity index (χ4v) is 3.06. The largest absolute Gasteiger partial charge is 0.468 e. The summed E-state index contributed by atoms with van der Waals surface area (Å²) in [5.74, 6) is -1.46. The van der Waals surface area contributed by atoms with Gasteiger partial charge in [0.05, 0.1) is 28.5 Å². The van der Waals surface area contributed by atoms with E-state index in [2.05, 4.69) is 10.1 Å². The first kappa shape index (κ1) is 21.6. The number of carbonyl (C=O) groups excluding carboxylic acids is 3. The molecule has 0 bridgehead atoms. The molecule has 0 radical (unpaired) electrons. The van der Waals surface area contributed by atoms with Gasteiger partial charge in [0.15, 0.2) is 0 Å². The molecule has 1 aromatic carbocycles. The summed E-state index contributed by atoms with van der Waals surface area (Å²) in [6.07, 6.45) is 0. The van der Waals surface area contributed by atoms with E-state index in [4.69, 9.17) is 27.9 Å². The summed E-state index contributed by atoms with van der Waals surface area (Å²) < 4.78 is 9.65. The molecule has 0 spiro atoms. The molecule has 0 heterocycles. The molecule has 0 atom stereocenters. The Morgan fingerprint density at radius 1 is 1.12 bits per heavy atom. The molecule has 0 saturated heterocycles. The zero-order valence-electron chi connectivity index (χ0n) is 14.3. The third-order valence-electron chi connectivity index (χ3n) is 2.65. The topological polar surface area (TPSA) is 81.7 Å². The van der Waals surface area contributed by atoms with Crippen molar-refractivity contribution >= 4 is 52.8 Å². The molecule has 0 unspecified atom stereocenters. The molecule has 138 valence electrons. The number of esters is 2. The van der Waals surface area contributed by atoms with Crippen LogP contribution in [-0.2, 0) is 19.1 Å². The second kappa shape index (κ2) is 9.31. The van der Waals surface area contributed by atoms with Crippen molar-refractivity contribution in [2.24, 2.45) is 0 Å². The highest BCUT2D eigenvalue weighted by atomic mass is 35.5. The Labute approximate surface area is 160 Å². The van der Waals surface area contributed by atoms with Gasteiger partial charge in [-0.3, -0.25) is 14.4 Å². The zero-order chi connectivity index (χ0) is 19.2. The molecule has 0 aliphatic rings. The Hall–Kier alpha value is -1.44. The Bertz CT molecular complexity index is 673. The molecule has 1 N–H and O–H groups in total. The molecule has 25 heavy (non-hydrogen) atoms. The lowest BCUT2D eigenvalue weighted by atomic mass is 10.2. The van der Waals surface area contributed by atoms with Gasteiger partial charge in [-0.05, 0) is 32.9 Å². The summed E-state index contributed by atoms with van der Waals surface area (Å²) in [5, 5.41) is 2.85. The number of ether oxygens (including phenoxy) is 2. The van der Waals surface area contributed by atoms with Crippen molar-refractivity contribution in [2.75, 3.05) is 19.4 Å². The first-order chi connectivity index (χ1) is 11.5. The van der Waals surface area contributed by atoms with Gasteiger partial charge in [-0.15, -0.1) is 11.8 Å². The first-order valence-electron chi connectivity index (χ1n) is 7.22. The lowest BCUT2D eigenvalue weighted by molar-refractivity contribution is -0.153. The monoisotopic (exact) mass is 407 g/mol. The van der Waals surface area contributed by atoms with E-state index < -0.39 is 23.4 Å². The Morgan fingerprint density at radius 2 is 1.76 bits per heavy atom. The maximum atomic E-state index is 12.2. The molecule has 1 aromatic rings. The highest BCUT2D eigenvalue weighted by Crippen LogP contribution is 2.32. The fraction of sp³-hybridized carbons (Fsp3) is 0.438. The first-order valence-corrected chi connectivity index (χ1v) is 8.96. The number of halogens is 2. The van der Waals surface area contributed by atoms with Crippen molar-refractivity contribution < 1.29 is 23.9 Å². The summed E-state index contributed by atoms with van der Waals surface area (Å²) in [4.78, 5) is 35.5. The van der Waals surface area contributed by atoms with Crippen LogP contribution in [0, 0.1) is 0 Å². The quantitative estimate of drug-likeness (QED) is 0.575. The van der Waals surface area contributed by atoms with E-state index >= 15 is 0 Å². The van der Waals surface area contributed by atoms with Gasteiger partial charge in [0.2, 0.25) is 0 Å². The number of hydrogen-bond acceptors (Lipinski definition) is 6. The number of thioether (sulfide) groups is 1. The van der Waals surface area contributed by atoms with Crippen LogP contribution in [0.4, 0.5) is 0 Å². The Morgan fingerprint density at radius 3 is 2.32 bits per heavy atom. The van der Waals surface area contributed by atoms with Crippen molar-refractivity contribution in [3.8, 4) is 0 Å². The molecule has 1 rings (SSSR count). The zero-order valence-corrected chi connectivity index (χ0v) is 16.6. The summed E-state index contributed by atoms with van der Waals surface area (Å²) >= 11 is 13.4. The van der Waals surface area contributed by atoms with E-state index in [0.29, 0.717) is 4.90 Å². The molecule has 0 aliphatic carbocycles. The molecule has 0 fully saturated rings. The highest BCUT2D eigenvalue weighted by Gasteiger charge is 2.19. The van der Waals surface area contributed by atoms with E-state index in [1.165, 1.54) is 19.2 Å². The molecular weight excluding hydrogens is 389 g/mol. The number of amides is 1. The number of rotatable bonds is 6. The van der Waals surface area contributed by atoms with E-state index in [0.717, 1.165) is 11.8 Å². The maximum Gasteiger partial charge on any atom is 0.325 e. The van der Waals surface area contributed by atoms with Gasteiger partial charge >= 0.3 is 11.9 Å². The molecule has 9 heteroatoms. The van der Waals surface area contributed by atoms with Gasteiger partial charge in [0.1, 0.15) is 12.1 Å². The number of methoxy groups -OCH3 is 1. The molecule has 0 aromatic heterocycles. The average Bonchev–Trinajstić information content (AvgIpc) is 2.50. The van der Waals surface area contributed by atoms with Crippen LogP contribution < -0.4 is 5.32 Å². The smallest absolute Gasteiger partial charge is 0.325 e. The third-order valence-corrected chi connectivity index (χ3v) is 4.42. The van der Waals surface area contributed by atoms with Crippen LogP contribution in [0.2, 0.25) is 10.0 Å². The lowest BCUT2D eigenvalue weighted by Gasteiger charge is -2.19. The van der Waals surface area contributed by atoms with E-state index in [9.17, 15) is 14.4 Å². The van der Waals surface area contributed by atoms with Gasteiger partial charge < -0.3 is 14.8 Å². The van der Waals surface area contributed by atoms with E-state index in [-0.39, 0.29) is 27.9 Å². The van der Waals surface area contributed by atoms with E-state index in [1.807, 2.05) is 0 Å². The van der Waals surface area contributed by atoms with Crippen LogP contribution in [-0.4, -0.2) is 42.9 Å². The van der Waals surface area contributed by atoms with Crippen LogP contribution in [0.1, 0.15) is 31.1 Å². The minimum Gasteiger partial charge on any atom is -0.468 e. The van der Waals surface area contributed by atoms with Crippen molar-refractivity contribution in [3.05, 3.63) is 27.7 Å². The lowest BCUT2D eigenvalue weighted by Crippen LogP contribution is -2.34. The predicted octanol–water partition coefficient (Wildman–Crippen LogP) is 3.33. The van der Waals surface area contributed by atoms with Crippen LogP contribution in [0.25, 0.3) is 0 Å². The van der Waals surface area contributed by atoms with Crippen molar-refractivity contribution in [3.63, 3.8) is 0 Å². The fourth-order valence-electron chi connectivity index (χ4n) is 1.63. The number of carbonyl (C=O) groups is 3. The van der Waals surface area contributed by atoms with Crippen molar-refractivity contribution in [2.45, 2.75) is 31.3 Å². The second-order valence-electron chi connectivity index (χ2n) is 5.90. The molecule has 6 nitrogen and oxygen atoms in total. The van der Waals surface area contributed by atoms with Crippen molar-refractivity contribution in [1.29, 1.82) is 0 Å². The van der Waals surface area contributed by atoms with Gasteiger partial charge in [-0.1, -0.05) is 23.2 Å². The highest BCUT2D eigenvalue weighted by molar-refractivity contribution is 8.00. The van der Waals surface area contributed by atoms with Crippen LogP contribution in [0.3, 0.4) is 0 Å². The van der Waals surface area contributed by atoms with Crippen LogP contribution in [0.5, 0.6) is 0 Å². The minimum atomic E-state index is -0.638. The molecule has 0 saturated carbocycles. The summed E-state index contributed by atoms with van der Waals surface area (Å²) in [7, 11) is 1.29. The average molecular weight is 408 g/mol. The van der Waals surface area contributed by atoms with E-state index in [1.54, 1.807) is 20.8 Å². The van der Waals surface area contributed by atoms with Gasteiger partial charge in [-0.2, -0.15) is 0 Å². The second-order valence-corrected chi connectivity index (χ2v) is 7.73. The number of benzene rings is 1. The van der Waals surface area contributed by atoms with Crippen LogP contribution in [0.15, 0.2) is 17.0 Å².